The highest BCUT2D eigenvalue weighted by atomic mass is 16.2. The summed E-state index contributed by atoms with van der Waals surface area (Å²) in [5.74, 6) is 0.852. The van der Waals surface area contributed by atoms with E-state index in [1.807, 2.05) is 6.92 Å². The fourth-order valence-corrected chi connectivity index (χ4v) is 2.46. The van der Waals surface area contributed by atoms with Crippen LogP contribution in [0.4, 0.5) is 0 Å². The third-order valence-electron chi connectivity index (χ3n) is 3.95. The fourth-order valence-electron chi connectivity index (χ4n) is 2.46. The molecule has 3 unspecified atom stereocenters. The summed E-state index contributed by atoms with van der Waals surface area (Å²) < 4.78 is 0. The number of piperidine rings is 1. The average Bonchev–Trinajstić information content (AvgIpc) is 2.29. The maximum absolute atomic E-state index is 12.2. The number of rotatable bonds is 5. The number of carbonyl (C=O) groups is 1. The van der Waals surface area contributed by atoms with E-state index in [1.54, 1.807) is 0 Å². The summed E-state index contributed by atoms with van der Waals surface area (Å²) in [6, 6.07) is 0.276. The van der Waals surface area contributed by atoms with Gasteiger partial charge in [0.15, 0.2) is 0 Å². The minimum absolute atomic E-state index is 0.174. The minimum Gasteiger partial charge on any atom is -0.352 e. The van der Waals surface area contributed by atoms with Crippen LogP contribution in [0.25, 0.3) is 0 Å². The van der Waals surface area contributed by atoms with Crippen LogP contribution >= 0.6 is 0 Å². The van der Waals surface area contributed by atoms with Gasteiger partial charge in [-0.2, -0.15) is 0 Å². The number of hydrogen-bond donors (Lipinski definition) is 2. The minimum atomic E-state index is -0.345. The van der Waals surface area contributed by atoms with Gasteiger partial charge >= 0.3 is 0 Å². The van der Waals surface area contributed by atoms with Crippen molar-refractivity contribution in [2.75, 3.05) is 6.54 Å². The lowest BCUT2D eigenvalue weighted by Gasteiger charge is -2.34. The van der Waals surface area contributed by atoms with E-state index < -0.39 is 0 Å². The van der Waals surface area contributed by atoms with Crippen LogP contribution in [0.5, 0.6) is 0 Å². The smallest absolute Gasteiger partial charge is 0.240 e. The summed E-state index contributed by atoms with van der Waals surface area (Å²) >= 11 is 0. The van der Waals surface area contributed by atoms with Crippen LogP contribution in [0.1, 0.15) is 59.8 Å². The summed E-state index contributed by atoms with van der Waals surface area (Å²) in [6.45, 7) is 9.53. The summed E-state index contributed by atoms with van der Waals surface area (Å²) in [4.78, 5) is 12.2. The fraction of sp³-hybridized carbons (Fsp3) is 0.929. The molecule has 0 bridgehead atoms. The Morgan fingerprint density at radius 2 is 2.12 bits per heavy atom. The van der Waals surface area contributed by atoms with Crippen molar-refractivity contribution in [3.05, 3.63) is 0 Å². The first kappa shape index (κ1) is 14.5. The van der Waals surface area contributed by atoms with Gasteiger partial charge in [0.2, 0.25) is 5.91 Å². The van der Waals surface area contributed by atoms with E-state index in [0.29, 0.717) is 5.92 Å². The predicted molar refractivity (Wildman–Crippen MR) is 71.9 cm³/mol. The molecule has 100 valence electrons. The summed E-state index contributed by atoms with van der Waals surface area (Å²) in [7, 11) is 0. The molecule has 3 nitrogen and oxygen atoms in total. The van der Waals surface area contributed by atoms with Gasteiger partial charge in [0, 0.05) is 6.04 Å². The van der Waals surface area contributed by atoms with E-state index in [4.69, 9.17) is 0 Å². The van der Waals surface area contributed by atoms with E-state index in [2.05, 4.69) is 31.4 Å². The second-order valence-corrected chi connectivity index (χ2v) is 5.84. The zero-order valence-corrected chi connectivity index (χ0v) is 11.8. The van der Waals surface area contributed by atoms with Crippen molar-refractivity contribution in [2.45, 2.75) is 71.4 Å². The Morgan fingerprint density at radius 1 is 1.41 bits per heavy atom. The van der Waals surface area contributed by atoms with Gasteiger partial charge in [-0.1, -0.05) is 20.3 Å². The zero-order chi connectivity index (χ0) is 12.9. The van der Waals surface area contributed by atoms with Gasteiger partial charge < -0.3 is 10.6 Å². The van der Waals surface area contributed by atoms with Crippen molar-refractivity contribution in [3.8, 4) is 0 Å². The molecule has 0 aliphatic carbocycles. The number of carbonyl (C=O) groups excluding carboxylic acids is 1. The first-order chi connectivity index (χ1) is 7.98. The molecule has 3 atom stereocenters. The van der Waals surface area contributed by atoms with Crippen LogP contribution in [0.15, 0.2) is 0 Å². The Morgan fingerprint density at radius 3 is 2.65 bits per heavy atom. The molecule has 1 amide bonds. The molecule has 1 aliphatic heterocycles. The lowest BCUT2D eigenvalue weighted by molar-refractivity contribution is -0.128. The van der Waals surface area contributed by atoms with Gasteiger partial charge in [0.1, 0.15) is 0 Å². The molecule has 0 aromatic carbocycles. The van der Waals surface area contributed by atoms with Crippen LogP contribution in [-0.2, 0) is 4.79 Å². The Balaban J connectivity index is 2.42. The second kappa shape index (κ2) is 6.39. The maximum Gasteiger partial charge on any atom is 0.240 e. The van der Waals surface area contributed by atoms with Crippen molar-refractivity contribution in [1.82, 2.24) is 10.6 Å². The lowest BCUT2D eigenvalue weighted by atomic mass is 9.89. The normalized spacial score (nSPS) is 28.5. The molecular weight excluding hydrogens is 212 g/mol. The van der Waals surface area contributed by atoms with Gasteiger partial charge in [-0.05, 0) is 52.0 Å². The number of nitrogens with one attached hydrogen (secondary N) is 2. The summed E-state index contributed by atoms with van der Waals surface area (Å²) in [5, 5.41) is 6.51. The molecule has 0 aromatic heterocycles. The topological polar surface area (TPSA) is 41.1 Å². The van der Waals surface area contributed by atoms with Crippen LogP contribution in [0.2, 0.25) is 0 Å². The van der Waals surface area contributed by atoms with Crippen molar-refractivity contribution >= 4 is 5.91 Å². The van der Waals surface area contributed by atoms with Crippen molar-refractivity contribution in [2.24, 2.45) is 5.92 Å². The van der Waals surface area contributed by atoms with Crippen LogP contribution in [0.3, 0.4) is 0 Å². The molecule has 17 heavy (non-hydrogen) atoms. The first-order valence-electron chi connectivity index (χ1n) is 7.04. The second-order valence-electron chi connectivity index (χ2n) is 5.84. The van der Waals surface area contributed by atoms with Crippen LogP contribution < -0.4 is 10.6 Å². The van der Waals surface area contributed by atoms with Gasteiger partial charge in [0.25, 0.3) is 0 Å². The molecule has 0 spiro atoms. The summed E-state index contributed by atoms with van der Waals surface area (Å²) in [5.41, 5.74) is -0.345. The van der Waals surface area contributed by atoms with E-state index >= 15 is 0 Å². The van der Waals surface area contributed by atoms with Gasteiger partial charge in [-0.25, -0.2) is 0 Å². The molecule has 0 aromatic rings. The molecule has 1 fully saturated rings. The predicted octanol–water partition coefficient (Wildman–Crippen LogP) is 2.46. The Bertz CT molecular complexity index is 247. The molecule has 3 heteroatoms. The van der Waals surface area contributed by atoms with Crippen molar-refractivity contribution in [1.29, 1.82) is 0 Å². The molecular formula is C14H28N2O. The zero-order valence-electron chi connectivity index (χ0n) is 11.8. The third kappa shape index (κ3) is 4.30. The van der Waals surface area contributed by atoms with Gasteiger partial charge in [-0.15, -0.1) is 0 Å². The Kier molecular flexibility index (Phi) is 5.44. The van der Waals surface area contributed by atoms with Crippen LogP contribution in [0, 0.1) is 5.92 Å². The molecule has 1 heterocycles. The number of amides is 1. The van der Waals surface area contributed by atoms with Crippen molar-refractivity contribution in [3.63, 3.8) is 0 Å². The SMILES string of the molecule is CCC(C)CC(C)NC(=O)C1(C)CCCCN1. The average molecular weight is 240 g/mol. The number of hydrogen-bond acceptors (Lipinski definition) is 2. The molecule has 0 radical (unpaired) electrons. The van der Waals surface area contributed by atoms with E-state index in [1.165, 1.54) is 12.8 Å². The Labute approximate surface area is 106 Å². The third-order valence-corrected chi connectivity index (χ3v) is 3.95. The molecule has 1 aliphatic rings. The quantitative estimate of drug-likeness (QED) is 0.775. The van der Waals surface area contributed by atoms with E-state index in [0.717, 1.165) is 25.8 Å². The highest BCUT2D eigenvalue weighted by molar-refractivity contribution is 5.86. The van der Waals surface area contributed by atoms with E-state index in [-0.39, 0.29) is 17.5 Å². The lowest BCUT2D eigenvalue weighted by Crippen LogP contribution is -2.58. The maximum atomic E-state index is 12.2. The summed E-state index contributed by atoms with van der Waals surface area (Å²) in [6.07, 6.45) is 5.53. The first-order valence-corrected chi connectivity index (χ1v) is 7.04. The molecule has 1 saturated heterocycles. The van der Waals surface area contributed by atoms with E-state index in [9.17, 15) is 4.79 Å². The molecule has 1 rings (SSSR count). The van der Waals surface area contributed by atoms with Gasteiger partial charge in [0.05, 0.1) is 5.54 Å². The van der Waals surface area contributed by atoms with Crippen LogP contribution in [-0.4, -0.2) is 24.0 Å². The van der Waals surface area contributed by atoms with Gasteiger partial charge in [-0.3, -0.25) is 4.79 Å². The largest absolute Gasteiger partial charge is 0.352 e. The highest BCUT2D eigenvalue weighted by Gasteiger charge is 2.34. The standard InChI is InChI=1S/C14H28N2O/c1-5-11(2)10-12(3)16-13(17)14(4)8-6-7-9-15-14/h11-12,15H,5-10H2,1-4H3,(H,16,17). The molecule has 2 N–H and O–H groups in total. The monoisotopic (exact) mass is 240 g/mol. The highest BCUT2D eigenvalue weighted by Crippen LogP contribution is 2.19. The van der Waals surface area contributed by atoms with Crippen molar-refractivity contribution < 1.29 is 4.79 Å². The Hall–Kier alpha value is -0.570. The molecule has 0 saturated carbocycles.